The van der Waals surface area contributed by atoms with Crippen molar-refractivity contribution in [1.82, 2.24) is 4.40 Å². The zero-order valence-corrected chi connectivity index (χ0v) is 7.39. The molecule has 0 saturated carbocycles. The Labute approximate surface area is 73.1 Å². The number of hydrogen-bond acceptors (Lipinski definition) is 3. The van der Waals surface area contributed by atoms with Gasteiger partial charge in [-0.1, -0.05) is 0 Å². The van der Waals surface area contributed by atoms with Crippen LogP contribution in [0.3, 0.4) is 0 Å². The summed E-state index contributed by atoms with van der Waals surface area (Å²) in [5.41, 5.74) is 6.32. The fraction of sp³-hybridized carbons (Fsp3) is 0.125. The lowest BCUT2D eigenvalue weighted by Gasteiger charge is -1.93. The van der Waals surface area contributed by atoms with Crippen molar-refractivity contribution in [2.75, 3.05) is 5.73 Å². The van der Waals surface area contributed by atoms with E-state index in [1.54, 1.807) is 16.7 Å². The molecule has 62 valence electrons. The lowest BCUT2D eigenvalue weighted by atomic mass is 10.4. The van der Waals surface area contributed by atoms with Gasteiger partial charge in [-0.15, -0.1) is 11.3 Å². The van der Waals surface area contributed by atoms with Gasteiger partial charge in [0.05, 0.1) is 5.69 Å². The Morgan fingerprint density at radius 1 is 1.50 bits per heavy atom. The Kier molecular flexibility index (Phi) is 1.44. The summed E-state index contributed by atoms with van der Waals surface area (Å²) in [7, 11) is 0. The second kappa shape index (κ2) is 2.35. The SMILES string of the molecule is Cc1cn2c(=O)ccc(N)c2s1. The van der Waals surface area contributed by atoms with E-state index < -0.39 is 0 Å². The van der Waals surface area contributed by atoms with Crippen LogP contribution in [0.1, 0.15) is 4.88 Å². The Morgan fingerprint density at radius 2 is 2.25 bits per heavy atom. The third-order valence-corrected chi connectivity index (χ3v) is 2.73. The first-order valence-electron chi connectivity index (χ1n) is 3.56. The van der Waals surface area contributed by atoms with Gasteiger partial charge < -0.3 is 5.73 Å². The summed E-state index contributed by atoms with van der Waals surface area (Å²) in [6, 6.07) is 3.13. The van der Waals surface area contributed by atoms with Gasteiger partial charge in [-0.05, 0) is 13.0 Å². The number of rotatable bonds is 0. The first kappa shape index (κ1) is 7.36. The lowest BCUT2D eigenvalue weighted by molar-refractivity contribution is 1.12. The molecule has 2 N–H and O–H groups in total. The predicted molar refractivity (Wildman–Crippen MR) is 50.7 cm³/mol. The molecule has 0 atom stereocenters. The second-order valence-electron chi connectivity index (χ2n) is 2.64. The summed E-state index contributed by atoms with van der Waals surface area (Å²) >= 11 is 1.53. The van der Waals surface area contributed by atoms with E-state index in [9.17, 15) is 4.79 Å². The Bertz CT molecular complexity index is 483. The highest BCUT2D eigenvalue weighted by molar-refractivity contribution is 7.17. The smallest absolute Gasteiger partial charge is 0.255 e. The Hall–Kier alpha value is -1.29. The Balaban J connectivity index is 3.03. The number of pyridine rings is 1. The second-order valence-corrected chi connectivity index (χ2v) is 3.88. The van der Waals surface area contributed by atoms with E-state index in [1.165, 1.54) is 17.4 Å². The van der Waals surface area contributed by atoms with Crippen LogP contribution in [0.15, 0.2) is 23.1 Å². The van der Waals surface area contributed by atoms with Crippen molar-refractivity contribution >= 4 is 21.9 Å². The molecule has 0 aliphatic carbocycles. The molecule has 0 saturated heterocycles. The van der Waals surface area contributed by atoms with Crippen molar-refractivity contribution in [1.29, 1.82) is 0 Å². The molecule has 0 aliphatic heterocycles. The molecule has 0 fully saturated rings. The highest BCUT2D eigenvalue weighted by atomic mass is 32.1. The molecule has 0 radical (unpaired) electrons. The van der Waals surface area contributed by atoms with E-state index in [-0.39, 0.29) is 5.56 Å². The average molecular weight is 180 g/mol. The third-order valence-electron chi connectivity index (χ3n) is 1.68. The minimum Gasteiger partial charge on any atom is -0.396 e. The third kappa shape index (κ3) is 0.921. The number of aromatic nitrogens is 1. The van der Waals surface area contributed by atoms with E-state index in [4.69, 9.17) is 5.73 Å². The first-order valence-corrected chi connectivity index (χ1v) is 4.37. The van der Waals surface area contributed by atoms with Crippen LogP contribution in [0.25, 0.3) is 4.83 Å². The monoisotopic (exact) mass is 180 g/mol. The van der Waals surface area contributed by atoms with E-state index >= 15 is 0 Å². The molecular formula is C8H8N2OS. The minimum absolute atomic E-state index is 0.0245. The Morgan fingerprint density at radius 3 is 2.92 bits per heavy atom. The van der Waals surface area contributed by atoms with Gasteiger partial charge in [0.25, 0.3) is 5.56 Å². The maximum absolute atomic E-state index is 11.3. The summed E-state index contributed by atoms with van der Waals surface area (Å²) in [5.74, 6) is 0. The first-order chi connectivity index (χ1) is 5.68. The summed E-state index contributed by atoms with van der Waals surface area (Å²) in [6.45, 7) is 1.95. The average Bonchev–Trinajstić information content (AvgIpc) is 2.41. The molecule has 3 nitrogen and oxygen atoms in total. The standard InChI is InChI=1S/C8H8N2OS/c1-5-4-10-7(11)3-2-6(9)8(10)12-5/h2-4H,9H2,1H3. The van der Waals surface area contributed by atoms with Crippen LogP contribution < -0.4 is 11.3 Å². The van der Waals surface area contributed by atoms with Gasteiger partial charge in [0.15, 0.2) is 0 Å². The van der Waals surface area contributed by atoms with Crippen LogP contribution in [0, 0.1) is 6.92 Å². The van der Waals surface area contributed by atoms with Gasteiger partial charge in [-0.3, -0.25) is 9.20 Å². The van der Waals surface area contributed by atoms with Gasteiger partial charge in [-0.2, -0.15) is 0 Å². The van der Waals surface area contributed by atoms with Crippen LogP contribution in [0.2, 0.25) is 0 Å². The van der Waals surface area contributed by atoms with Crippen LogP contribution in [0.4, 0.5) is 5.69 Å². The molecule has 4 heteroatoms. The number of thiazole rings is 1. The van der Waals surface area contributed by atoms with E-state index in [1.807, 2.05) is 6.92 Å². The lowest BCUT2D eigenvalue weighted by Crippen LogP contribution is -2.09. The van der Waals surface area contributed by atoms with E-state index in [0.29, 0.717) is 5.69 Å². The van der Waals surface area contributed by atoms with Crippen molar-refractivity contribution in [2.24, 2.45) is 0 Å². The number of aryl methyl sites for hydroxylation is 1. The molecule has 0 spiro atoms. The summed E-state index contributed by atoms with van der Waals surface area (Å²) in [4.78, 5) is 13.2. The van der Waals surface area contributed by atoms with Crippen molar-refractivity contribution in [3.63, 3.8) is 0 Å². The zero-order chi connectivity index (χ0) is 8.72. The maximum atomic E-state index is 11.3. The topological polar surface area (TPSA) is 47.5 Å². The maximum Gasteiger partial charge on any atom is 0.255 e. The number of nitrogens with two attached hydrogens (primary N) is 1. The molecule has 12 heavy (non-hydrogen) atoms. The molecule has 0 amide bonds. The fourth-order valence-corrected chi connectivity index (χ4v) is 2.03. The quantitative estimate of drug-likeness (QED) is 0.663. The summed E-state index contributed by atoms with van der Waals surface area (Å²) in [5, 5.41) is 0. The highest BCUT2D eigenvalue weighted by Gasteiger charge is 2.02. The van der Waals surface area contributed by atoms with Gasteiger partial charge >= 0.3 is 0 Å². The van der Waals surface area contributed by atoms with Crippen LogP contribution in [-0.4, -0.2) is 4.40 Å². The van der Waals surface area contributed by atoms with Gasteiger partial charge in [0.2, 0.25) is 0 Å². The predicted octanol–water partition coefficient (Wildman–Crippen LogP) is 1.25. The minimum atomic E-state index is -0.0245. The zero-order valence-electron chi connectivity index (χ0n) is 6.57. The highest BCUT2D eigenvalue weighted by Crippen LogP contribution is 2.20. The number of nitrogen functional groups attached to an aromatic ring is 1. The molecule has 0 aliphatic rings. The molecule has 2 aromatic heterocycles. The molecule has 0 bridgehead atoms. The van der Waals surface area contributed by atoms with Crippen LogP contribution in [0.5, 0.6) is 0 Å². The van der Waals surface area contributed by atoms with Crippen LogP contribution in [-0.2, 0) is 0 Å². The molecule has 0 unspecified atom stereocenters. The van der Waals surface area contributed by atoms with E-state index in [2.05, 4.69) is 0 Å². The molecular weight excluding hydrogens is 172 g/mol. The van der Waals surface area contributed by atoms with Crippen molar-refractivity contribution in [2.45, 2.75) is 6.92 Å². The number of fused-ring (bicyclic) bond motifs is 1. The largest absolute Gasteiger partial charge is 0.396 e. The van der Waals surface area contributed by atoms with Gasteiger partial charge in [-0.25, -0.2) is 0 Å². The number of nitrogens with zero attached hydrogens (tertiary/aromatic N) is 1. The van der Waals surface area contributed by atoms with Crippen molar-refractivity contribution < 1.29 is 0 Å². The van der Waals surface area contributed by atoms with Crippen molar-refractivity contribution in [3.8, 4) is 0 Å². The summed E-state index contributed by atoms with van der Waals surface area (Å²) < 4.78 is 1.58. The number of hydrogen-bond donors (Lipinski definition) is 1. The normalized spacial score (nSPS) is 10.8. The number of anilines is 1. The van der Waals surface area contributed by atoms with Crippen LogP contribution >= 0.6 is 11.3 Å². The van der Waals surface area contributed by atoms with Crippen molar-refractivity contribution in [3.05, 3.63) is 33.6 Å². The molecule has 2 aromatic rings. The van der Waals surface area contributed by atoms with Gasteiger partial charge in [0.1, 0.15) is 4.83 Å². The molecule has 2 rings (SSSR count). The fourth-order valence-electron chi connectivity index (χ4n) is 1.14. The summed E-state index contributed by atoms with van der Waals surface area (Å²) in [6.07, 6.45) is 1.80. The molecule has 0 aromatic carbocycles. The van der Waals surface area contributed by atoms with E-state index in [0.717, 1.165) is 9.71 Å². The molecule has 2 heterocycles. The van der Waals surface area contributed by atoms with Gasteiger partial charge in [0, 0.05) is 17.1 Å².